The summed E-state index contributed by atoms with van der Waals surface area (Å²) in [5, 5.41) is 2.97. The Morgan fingerprint density at radius 1 is 1.16 bits per heavy atom. The summed E-state index contributed by atoms with van der Waals surface area (Å²) in [5.41, 5.74) is 0.0293. The maximum absolute atomic E-state index is 13.7. The van der Waals surface area contributed by atoms with Crippen LogP contribution in [0.2, 0.25) is 10.0 Å². The number of hydrogen-bond donors (Lipinski definition) is 1. The minimum absolute atomic E-state index is 0.0558. The number of halogens is 4. The number of hydrogen-bond acceptors (Lipinski definition) is 3. The first-order valence-corrected chi connectivity index (χ1v) is 7.85. The predicted octanol–water partition coefficient (Wildman–Crippen LogP) is 3.79. The number of nitrogens with one attached hydrogen (secondary N) is 1. The van der Waals surface area contributed by atoms with Crippen LogP contribution in [-0.2, 0) is 16.0 Å². The molecule has 0 unspecified atom stereocenters. The maximum Gasteiger partial charge on any atom is 0.328 e. The van der Waals surface area contributed by atoms with Gasteiger partial charge >= 0.3 is 5.97 Å². The van der Waals surface area contributed by atoms with Crippen molar-refractivity contribution in [3.05, 3.63) is 69.2 Å². The van der Waals surface area contributed by atoms with Crippen molar-refractivity contribution in [2.75, 3.05) is 7.11 Å². The van der Waals surface area contributed by atoms with Crippen LogP contribution >= 0.6 is 23.2 Å². The number of benzene rings is 2. The summed E-state index contributed by atoms with van der Waals surface area (Å²) >= 11 is 12.1. The van der Waals surface area contributed by atoms with Gasteiger partial charge in [0.05, 0.1) is 12.7 Å². The number of carbonyl (C=O) groups excluding carboxylic acids is 2. The smallest absolute Gasteiger partial charge is 0.328 e. The zero-order valence-corrected chi connectivity index (χ0v) is 14.5. The third-order valence-corrected chi connectivity index (χ3v) is 4.14. The molecule has 1 atom stereocenters. The number of ether oxygens (including phenoxy) is 1. The molecule has 0 aromatic heterocycles. The lowest BCUT2D eigenvalue weighted by atomic mass is 10.0. The SMILES string of the molecule is COC(=O)[C@@H](Cc1c(Cl)cccc1Cl)NC(=O)c1ccc(F)cc1F. The van der Waals surface area contributed by atoms with E-state index in [1.165, 1.54) is 0 Å². The molecule has 4 nitrogen and oxygen atoms in total. The van der Waals surface area contributed by atoms with Crippen molar-refractivity contribution in [1.82, 2.24) is 5.32 Å². The van der Waals surface area contributed by atoms with Crippen molar-refractivity contribution in [2.45, 2.75) is 12.5 Å². The highest BCUT2D eigenvalue weighted by molar-refractivity contribution is 6.36. The molecule has 8 heteroatoms. The fraction of sp³-hybridized carbons (Fsp3) is 0.176. The fourth-order valence-corrected chi connectivity index (χ4v) is 2.73. The van der Waals surface area contributed by atoms with Gasteiger partial charge in [0.15, 0.2) is 0 Å². The largest absolute Gasteiger partial charge is 0.467 e. The Kier molecular flexibility index (Phi) is 6.33. The van der Waals surface area contributed by atoms with Gasteiger partial charge < -0.3 is 10.1 Å². The van der Waals surface area contributed by atoms with Gasteiger partial charge in [0.2, 0.25) is 0 Å². The molecular weight excluding hydrogens is 375 g/mol. The predicted molar refractivity (Wildman–Crippen MR) is 89.8 cm³/mol. The number of rotatable bonds is 5. The molecule has 25 heavy (non-hydrogen) atoms. The lowest BCUT2D eigenvalue weighted by Crippen LogP contribution is -2.43. The van der Waals surface area contributed by atoms with E-state index in [-0.39, 0.29) is 6.42 Å². The van der Waals surface area contributed by atoms with E-state index in [2.05, 4.69) is 10.1 Å². The van der Waals surface area contributed by atoms with Crippen LogP contribution in [0.5, 0.6) is 0 Å². The Morgan fingerprint density at radius 2 is 1.80 bits per heavy atom. The van der Waals surface area contributed by atoms with E-state index in [0.717, 1.165) is 19.2 Å². The quantitative estimate of drug-likeness (QED) is 0.794. The average Bonchev–Trinajstić information content (AvgIpc) is 2.56. The third-order valence-electron chi connectivity index (χ3n) is 3.44. The molecule has 1 amide bonds. The van der Waals surface area contributed by atoms with E-state index in [4.69, 9.17) is 23.2 Å². The van der Waals surface area contributed by atoms with Gasteiger partial charge in [0, 0.05) is 22.5 Å². The first-order valence-electron chi connectivity index (χ1n) is 7.10. The minimum Gasteiger partial charge on any atom is -0.467 e. The van der Waals surface area contributed by atoms with Crippen molar-refractivity contribution < 1.29 is 23.1 Å². The topological polar surface area (TPSA) is 55.4 Å². The zero-order chi connectivity index (χ0) is 18.6. The van der Waals surface area contributed by atoms with Crippen molar-refractivity contribution in [3.63, 3.8) is 0 Å². The van der Waals surface area contributed by atoms with Gasteiger partial charge in [-0.1, -0.05) is 29.3 Å². The summed E-state index contributed by atoms with van der Waals surface area (Å²) in [4.78, 5) is 24.2. The van der Waals surface area contributed by atoms with E-state index >= 15 is 0 Å². The third kappa shape index (κ3) is 4.67. The molecule has 2 aromatic carbocycles. The molecule has 0 aliphatic rings. The van der Waals surface area contributed by atoms with Gasteiger partial charge in [-0.15, -0.1) is 0 Å². The van der Waals surface area contributed by atoms with Crippen molar-refractivity contribution in [1.29, 1.82) is 0 Å². The van der Waals surface area contributed by atoms with Gasteiger partial charge in [-0.05, 0) is 29.8 Å². The summed E-state index contributed by atoms with van der Waals surface area (Å²) in [7, 11) is 1.15. The van der Waals surface area contributed by atoms with E-state index in [9.17, 15) is 18.4 Å². The Hall–Kier alpha value is -2.18. The van der Waals surface area contributed by atoms with Gasteiger partial charge in [-0.25, -0.2) is 13.6 Å². The van der Waals surface area contributed by atoms with Gasteiger partial charge in [0.25, 0.3) is 5.91 Å². The molecular formula is C17H13Cl2F2NO3. The van der Waals surface area contributed by atoms with Crippen molar-refractivity contribution >= 4 is 35.1 Å². The number of esters is 1. The Balaban J connectivity index is 2.26. The number of amides is 1. The van der Waals surface area contributed by atoms with E-state index < -0.39 is 35.1 Å². The van der Waals surface area contributed by atoms with Gasteiger partial charge in [-0.2, -0.15) is 0 Å². The molecule has 0 bridgehead atoms. The molecule has 0 saturated carbocycles. The van der Waals surface area contributed by atoms with Crippen LogP contribution in [0.15, 0.2) is 36.4 Å². The molecule has 0 spiro atoms. The Labute approximate surface area is 152 Å². The van der Waals surface area contributed by atoms with Crippen LogP contribution in [0.25, 0.3) is 0 Å². The molecule has 2 rings (SSSR count). The normalized spacial score (nSPS) is 11.7. The lowest BCUT2D eigenvalue weighted by Gasteiger charge is -2.18. The van der Waals surface area contributed by atoms with Crippen LogP contribution in [0.4, 0.5) is 8.78 Å². The second kappa shape index (κ2) is 8.27. The molecule has 0 aliphatic carbocycles. The molecule has 0 aliphatic heterocycles. The second-order valence-corrected chi connectivity index (χ2v) is 5.89. The van der Waals surface area contributed by atoms with E-state index in [1.807, 2.05) is 0 Å². The second-order valence-electron chi connectivity index (χ2n) is 5.08. The fourth-order valence-electron chi connectivity index (χ4n) is 2.18. The molecule has 2 aromatic rings. The molecule has 0 radical (unpaired) electrons. The van der Waals surface area contributed by atoms with Crippen LogP contribution in [0, 0.1) is 11.6 Å². The first kappa shape index (κ1) is 19.1. The maximum atomic E-state index is 13.7. The van der Waals surface area contributed by atoms with Crippen LogP contribution in [0.3, 0.4) is 0 Å². The standard InChI is InChI=1S/C17H13Cl2F2NO3/c1-25-17(24)15(8-11-12(18)3-2-4-13(11)19)22-16(23)10-6-5-9(20)7-14(10)21/h2-7,15H,8H2,1H3,(H,22,23)/t15-/m1/s1. The lowest BCUT2D eigenvalue weighted by molar-refractivity contribution is -0.142. The Morgan fingerprint density at radius 3 is 2.36 bits per heavy atom. The van der Waals surface area contributed by atoms with Gasteiger partial charge in [-0.3, -0.25) is 4.79 Å². The molecule has 1 N–H and O–H groups in total. The molecule has 0 fully saturated rings. The summed E-state index contributed by atoms with van der Waals surface area (Å²) in [5.74, 6) is -3.51. The summed E-state index contributed by atoms with van der Waals surface area (Å²) in [6, 6.07) is 6.14. The molecule has 0 heterocycles. The van der Waals surface area contributed by atoms with Crippen molar-refractivity contribution in [3.8, 4) is 0 Å². The van der Waals surface area contributed by atoms with Crippen LogP contribution in [-0.4, -0.2) is 25.0 Å². The number of methoxy groups -OCH3 is 1. The Bertz CT molecular complexity index is 794. The van der Waals surface area contributed by atoms with E-state index in [0.29, 0.717) is 21.7 Å². The average molecular weight is 388 g/mol. The summed E-state index contributed by atoms with van der Waals surface area (Å²) in [6.45, 7) is 0. The highest BCUT2D eigenvalue weighted by Crippen LogP contribution is 2.26. The zero-order valence-electron chi connectivity index (χ0n) is 13.0. The summed E-state index contributed by atoms with van der Waals surface area (Å²) < 4.78 is 31.3. The highest BCUT2D eigenvalue weighted by atomic mass is 35.5. The van der Waals surface area contributed by atoms with E-state index in [1.54, 1.807) is 18.2 Å². The van der Waals surface area contributed by atoms with Crippen LogP contribution < -0.4 is 5.32 Å². The highest BCUT2D eigenvalue weighted by Gasteiger charge is 2.25. The molecule has 0 saturated heterocycles. The summed E-state index contributed by atoms with van der Waals surface area (Å²) in [6.07, 6.45) is -0.0558. The minimum atomic E-state index is -1.15. The number of carbonyl (C=O) groups is 2. The van der Waals surface area contributed by atoms with Gasteiger partial charge in [0.1, 0.15) is 17.7 Å². The first-order chi connectivity index (χ1) is 11.8. The molecule has 132 valence electrons. The van der Waals surface area contributed by atoms with Crippen molar-refractivity contribution in [2.24, 2.45) is 0 Å². The monoisotopic (exact) mass is 387 g/mol. The van der Waals surface area contributed by atoms with Crippen LogP contribution in [0.1, 0.15) is 15.9 Å².